The van der Waals surface area contributed by atoms with Crippen molar-refractivity contribution in [3.63, 3.8) is 0 Å². The number of hydrogen-bond acceptors (Lipinski definition) is 1. The molecule has 96 valence electrons. The van der Waals surface area contributed by atoms with Crippen molar-refractivity contribution in [2.75, 3.05) is 6.26 Å². The minimum atomic E-state index is -5.01. The summed E-state index contributed by atoms with van der Waals surface area (Å²) in [5.74, 6) is 0. The van der Waals surface area contributed by atoms with Crippen LogP contribution < -0.4 is 0 Å². The van der Waals surface area contributed by atoms with Crippen LogP contribution in [0.4, 0.5) is 26.3 Å². The van der Waals surface area contributed by atoms with Gasteiger partial charge in [0.2, 0.25) is 0 Å². The average Bonchev–Trinajstić information content (AvgIpc) is 2.12. The molecule has 1 aromatic rings. The molecule has 0 spiro atoms. The molecule has 0 aromatic heterocycles. The Morgan fingerprint density at radius 2 is 1.47 bits per heavy atom. The van der Waals surface area contributed by atoms with E-state index in [9.17, 15) is 26.3 Å². The van der Waals surface area contributed by atoms with Crippen LogP contribution in [-0.4, -0.2) is 6.26 Å². The Balaban J connectivity index is 3.58. The van der Waals surface area contributed by atoms with Crippen LogP contribution in [0, 0.1) is 6.92 Å². The van der Waals surface area contributed by atoms with Crippen molar-refractivity contribution in [1.29, 1.82) is 0 Å². The highest BCUT2D eigenvalue weighted by Gasteiger charge is 2.44. The van der Waals surface area contributed by atoms with Crippen molar-refractivity contribution in [2.24, 2.45) is 0 Å². The van der Waals surface area contributed by atoms with Gasteiger partial charge in [-0.25, -0.2) is 0 Å². The van der Waals surface area contributed by atoms with E-state index in [1.807, 2.05) is 0 Å². The number of hydrogen-bond donors (Lipinski definition) is 0. The van der Waals surface area contributed by atoms with E-state index in [-0.39, 0.29) is 4.90 Å². The maximum absolute atomic E-state index is 12.6. The van der Waals surface area contributed by atoms with Gasteiger partial charge in [0.15, 0.2) is 0 Å². The molecule has 0 N–H and O–H groups in total. The molecule has 0 saturated heterocycles. The topological polar surface area (TPSA) is 0 Å². The van der Waals surface area contributed by atoms with Gasteiger partial charge in [-0.3, -0.25) is 0 Å². The van der Waals surface area contributed by atoms with Crippen LogP contribution in [-0.2, 0) is 12.4 Å². The SMILES string of the molecule is CSc1cc(C)c(C(F)(F)F)c(C(F)(F)F)c1. The second-order valence-corrected chi connectivity index (χ2v) is 4.24. The van der Waals surface area contributed by atoms with E-state index in [1.54, 1.807) is 0 Å². The minimum Gasteiger partial charge on any atom is -0.166 e. The number of thioether (sulfide) groups is 1. The smallest absolute Gasteiger partial charge is 0.166 e. The molecule has 0 fully saturated rings. The first-order valence-corrected chi connectivity index (χ1v) is 5.63. The average molecular weight is 274 g/mol. The summed E-state index contributed by atoms with van der Waals surface area (Å²) in [4.78, 5) is 0.155. The lowest BCUT2D eigenvalue weighted by Gasteiger charge is -2.18. The summed E-state index contributed by atoms with van der Waals surface area (Å²) in [6.45, 7) is 1.03. The highest BCUT2D eigenvalue weighted by atomic mass is 32.2. The van der Waals surface area contributed by atoms with Gasteiger partial charge in [-0.15, -0.1) is 11.8 Å². The lowest BCUT2D eigenvalue weighted by Crippen LogP contribution is -2.18. The van der Waals surface area contributed by atoms with E-state index in [2.05, 4.69) is 0 Å². The molecule has 17 heavy (non-hydrogen) atoms. The first-order valence-electron chi connectivity index (χ1n) is 4.40. The molecular weight excluding hydrogens is 266 g/mol. The molecule has 0 aliphatic carbocycles. The Kier molecular flexibility index (Phi) is 3.71. The van der Waals surface area contributed by atoms with Crippen LogP contribution >= 0.6 is 11.8 Å². The van der Waals surface area contributed by atoms with Crippen LogP contribution in [0.2, 0.25) is 0 Å². The van der Waals surface area contributed by atoms with Gasteiger partial charge in [0, 0.05) is 4.90 Å². The van der Waals surface area contributed by atoms with Gasteiger partial charge in [0.25, 0.3) is 0 Å². The second kappa shape index (κ2) is 4.44. The second-order valence-electron chi connectivity index (χ2n) is 3.36. The number of aryl methyl sites for hydroxylation is 1. The monoisotopic (exact) mass is 274 g/mol. The molecule has 0 aliphatic heterocycles. The summed E-state index contributed by atoms with van der Waals surface area (Å²) in [7, 11) is 0. The molecule has 1 rings (SSSR count). The summed E-state index contributed by atoms with van der Waals surface area (Å²) < 4.78 is 75.4. The zero-order valence-corrected chi connectivity index (χ0v) is 9.65. The van der Waals surface area contributed by atoms with Gasteiger partial charge in [-0.05, 0) is 30.9 Å². The summed E-state index contributed by atoms with van der Waals surface area (Å²) in [6.07, 6.45) is -8.52. The zero-order chi connectivity index (χ0) is 13.4. The molecule has 0 atom stereocenters. The number of rotatable bonds is 1. The lowest BCUT2D eigenvalue weighted by atomic mass is 10.0. The fourth-order valence-corrected chi connectivity index (χ4v) is 2.00. The van der Waals surface area contributed by atoms with Gasteiger partial charge >= 0.3 is 12.4 Å². The number of benzene rings is 1. The van der Waals surface area contributed by atoms with Crippen LogP contribution in [0.25, 0.3) is 0 Å². The number of halogens is 6. The van der Waals surface area contributed by atoms with Crippen molar-refractivity contribution in [3.05, 3.63) is 28.8 Å². The molecule has 0 saturated carbocycles. The molecule has 0 unspecified atom stereocenters. The Labute approximate surface area is 98.0 Å². The highest BCUT2D eigenvalue weighted by Crippen LogP contribution is 2.43. The van der Waals surface area contributed by atoms with Crippen molar-refractivity contribution >= 4 is 11.8 Å². The van der Waals surface area contributed by atoms with E-state index in [0.29, 0.717) is 6.07 Å². The quantitative estimate of drug-likeness (QED) is 0.526. The third-order valence-electron chi connectivity index (χ3n) is 2.13. The Hall–Kier alpha value is -0.850. The largest absolute Gasteiger partial charge is 0.417 e. The van der Waals surface area contributed by atoms with E-state index < -0.39 is 29.0 Å². The zero-order valence-electron chi connectivity index (χ0n) is 8.83. The van der Waals surface area contributed by atoms with Crippen LogP contribution in [0.1, 0.15) is 16.7 Å². The van der Waals surface area contributed by atoms with Crippen LogP contribution in [0.5, 0.6) is 0 Å². The van der Waals surface area contributed by atoms with Crippen molar-refractivity contribution in [2.45, 2.75) is 24.2 Å². The third-order valence-corrected chi connectivity index (χ3v) is 2.84. The maximum Gasteiger partial charge on any atom is 0.417 e. The summed E-state index contributed by atoms with van der Waals surface area (Å²) in [5.41, 5.74) is -3.66. The lowest BCUT2D eigenvalue weighted by molar-refractivity contribution is -0.162. The molecule has 0 heterocycles. The van der Waals surface area contributed by atoms with Crippen LogP contribution in [0.15, 0.2) is 17.0 Å². The number of alkyl halides is 6. The van der Waals surface area contributed by atoms with Crippen molar-refractivity contribution < 1.29 is 26.3 Å². The molecule has 0 amide bonds. The summed E-state index contributed by atoms with van der Waals surface area (Å²) in [6, 6.07) is 1.63. The molecule has 0 aliphatic rings. The molecule has 0 radical (unpaired) electrons. The maximum atomic E-state index is 12.6. The first kappa shape index (κ1) is 14.2. The molecule has 0 nitrogen and oxygen atoms in total. The van der Waals surface area contributed by atoms with Crippen molar-refractivity contribution in [1.82, 2.24) is 0 Å². The Bertz CT molecular complexity index is 418. The predicted octanol–water partition coefficient (Wildman–Crippen LogP) is 4.75. The van der Waals surface area contributed by atoms with Gasteiger partial charge in [0.05, 0.1) is 11.1 Å². The van der Waals surface area contributed by atoms with Gasteiger partial charge in [-0.1, -0.05) is 0 Å². The summed E-state index contributed by atoms with van der Waals surface area (Å²) >= 11 is 0.965. The third kappa shape index (κ3) is 3.08. The van der Waals surface area contributed by atoms with Crippen LogP contribution in [0.3, 0.4) is 0 Å². The highest BCUT2D eigenvalue weighted by molar-refractivity contribution is 7.98. The Morgan fingerprint density at radius 1 is 0.941 bits per heavy atom. The van der Waals surface area contributed by atoms with E-state index in [4.69, 9.17) is 0 Å². The van der Waals surface area contributed by atoms with E-state index in [1.165, 1.54) is 6.26 Å². The minimum absolute atomic E-state index is 0.155. The fraction of sp³-hybridized carbons (Fsp3) is 0.400. The molecular formula is C10H8F6S. The fourth-order valence-electron chi connectivity index (χ4n) is 1.47. The predicted molar refractivity (Wildman–Crippen MR) is 53.0 cm³/mol. The molecule has 1 aromatic carbocycles. The first-order chi connectivity index (χ1) is 7.57. The summed E-state index contributed by atoms with van der Waals surface area (Å²) in [5, 5.41) is 0. The molecule has 7 heteroatoms. The van der Waals surface area contributed by atoms with Crippen molar-refractivity contribution in [3.8, 4) is 0 Å². The normalized spacial score (nSPS) is 12.9. The molecule has 0 bridgehead atoms. The standard InChI is InChI=1S/C10H8F6S/c1-5-3-6(17-2)4-7(9(11,12)13)8(5)10(14,15)16/h3-4H,1-2H3. The van der Waals surface area contributed by atoms with Gasteiger partial charge in [-0.2, -0.15) is 26.3 Å². The van der Waals surface area contributed by atoms with Gasteiger partial charge < -0.3 is 0 Å². The van der Waals surface area contributed by atoms with E-state index in [0.717, 1.165) is 24.8 Å². The van der Waals surface area contributed by atoms with Gasteiger partial charge in [0.1, 0.15) is 0 Å². The Morgan fingerprint density at radius 3 is 1.82 bits per heavy atom. The van der Waals surface area contributed by atoms with E-state index >= 15 is 0 Å².